The monoisotopic (exact) mass is 286 g/mol. The minimum Gasteiger partial charge on any atom is -0.398 e. The number of rotatable bonds is 2. The van der Waals surface area contributed by atoms with Crippen LogP contribution >= 0.6 is 11.3 Å². The van der Waals surface area contributed by atoms with Gasteiger partial charge in [0, 0.05) is 11.9 Å². The minimum atomic E-state index is -0.0448. The molecule has 0 aromatic carbocycles. The molecule has 20 heavy (non-hydrogen) atoms. The first kappa shape index (κ1) is 12.8. The quantitative estimate of drug-likeness (QED) is 0.783. The number of fused-ring (bicyclic) bond motifs is 1. The van der Waals surface area contributed by atoms with Gasteiger partial charge in [0.2, 0.25) is 0 Å². The van der Waals surface area contributed by atoms with Gasteiger partial charge >= 0.3 is 0 Å². The van der Waals surface area contributed by atoms with Crippen LogP contribution in [0, 0.1) is 13.8 Å². The predicted molar refractivity (Wildman–Crippen MR) is 81.1 cm³/mol. The SMILES string of the molecule is Cc1cnc(Cn2cnc3sccc3c2=O)c(C)c1N. The second-order valence-corrected chi connectivity index (χ2v) is 5.64. The average molecular weight is 286 g/mol. The number of thiophene rings is 1. The highest BCUT2D eigenvalue weighted by Crippen LogP contribution is 2.19. The molecule has 0 fully saturated rings. The number of hydrogen-bond acceptors (Lipinski definition) is 5. The van der Waals surface area contributed by atoms with Crippen LogP contribution in [0.5, 0.6) is 0 Å². The normalized spacial score (nSPS) is 11.1. The molecule has 0 radical (unpaired) electrons. The number of hydrogen-bond donors (Lipinski definition) is 1. The van der Waals surface area contributed by atoms with Gasteiger partial charge in [-0.05, 0) is 36.4 Å². The molecule has 3 rings (SSSR count). The van der Waals surface area contributed by atoms with Crippen molar-refractivity contribution in [2.24, 2.45) is 0 Å². The van der Waals surface area contributed by atoms with Crippen molar-refractivity contribution in [2.75, 3.05) is 5.73 Å². The van der Waals surface area contributed by atoms with Crippen molar-refractivity contribution in [3.8, 4) is 0 Å². The number of aromatic nitrogens is 3. The first-order valence-electron chi connectivity index (χ1n) is 6.21. The van der Waals surface area contributed by atoms with Crippen LogP contribution in [-0.2, 0) is 6.54 Å². The number of pyridine rings is 1. The standard InChI is InChI=1S/C14H14N4OS/c1-8-5-16-11(9(2)12(8)15)6-18-7-17-13-10(14(18)19)3-4-20-13/h3-5,7H,6H2,1-2H3,(H2,15,16). The summed E-state index contributed by atoms with van der Waals surface area (Å²) < 4.78 is 1.57. The zero-order valence-electron chi connectivity index (χ0n) is 11.3. The maximum atomic E-state index is 12.3. The summed E-state index contributed by atoms with van der Waals surface area (Å²) in [6, 6.07) is 1.80. The Morgan fingerprint density at radius 2 is 2.15 bits per heavy atom. The molecule has 3 aromatic rings. The zero-order chi connectivity index (χ0) is 14.3. The van der Waals surface area contributed by atoms with Gasteiger partial charge in [-0.2, -0.15) is 0 Å². The third-order valence-electron chi connectivity index (χ3n) is 3.45. The molecular weight excluding hydrogens is 272 g/mol. The van der Waals surface area contributed by atoms with Crippen molar-refractivity contribution < 1.29 is 0 Å². The van der Waals surface area contributed by atoms with Crippen LogP contribution in [0.3, 0.4) is 0 Å². The van der Waals surface area contributed by atoms with Crippen molar-refractivity contribution in [3.63, 3.8) is 0 Å². The van der Waals surface area contributed by atoms with Gasteiger partial charge in [0.15, 0.2) is 0 Å². The molecule has 3 heterocycles. The van der Waals surface area contributed by atoms with E-state index in [2.05, 4.69) is 9.97 Å². The van der Waals surface area contributed by atoms with E-state index in [1.54, 1.807) is 23.2 Å². The Morgan fingerprint density at radius 1 is 1.35 bits per heavy atom. The summed E-state index contributed by atoms with van der Waals surface area (Å²) in [5, 5.41) is 2.52. The van der Waals surface area contributed by atoms with Crippen molar-refractivity contribution in [2.45, 2.75) is 20.4 Å². The molecule has 0 spiro atoms. The molecule has 0 atom stereocenters. The molecule has 102 valence electrons. The molecule has 0 amide bonds. The molecule has 0 aliphatic carbocycles. The Kier molecular flexibility index (Phi) is 3.02. The van der Waals surface area contributed by atoms with Crippen LogP contribution < -0.4 is 11.3 Å². The van der Waals surface area contributed by atoms with Gasteiger partial charge in [-0.15, -0.1) is 11.3 Å². The lowest BCUT2D eigenvalue weighted by molar-refractivity contribution is 0.725. The highest BCUT2D eigenvalue weighted by Gasteiger charge is 2.10. The maximum Gasteiger partial charge on any atom is 0.262 e. The van der Waals surface area contributed by atoms with Crippen molar-refractivity contribution in [3.05, 3.63) is 51.1 Å². The highest BCUT2D eigenvalue weighted by molar-refractivity contribution is 7.16. The zero-order valence-corrected chi connectivity index (χ0v) is 12.1. The number of nitrogens with two attached hydrogens (primary N) is 1. The van der Waals surface area contributed by atoms with Crippen molar-refractivity contribution in [1.29, 1.82) is 0 Å². The van der Waals surface area contributed by atoms with Gasteiger partial charge < -0.3 is 5.73 Å². The molecule has 5 nitrogen and oxygen atoms in total. The van der Waals surface area contributed by atoms with E-state index in [9.17, 15) is 4.79 Å². The van der Waals surface area contributed by atoms with E-state index >= 15 is 0 Å². The van der Waals surface area contributed by atoms with E-state index in [1.165, 1.54) is 11.3 Å². The Bertz CT molecular complexity index is 850. The second-order valence-electron chi connectivity index (χ2n) is 4.74. The molecule has 0 saturated carbocycles. The van der Waals surface area contributed by atoms with Gasteiger partial charge in [-0.25, -0.2) is 4.98 Å². The van der Waals surface area contributed by atoms with Crippen LogP contribution in [0.15, 0.2) is 28.8 Å². The summed E-state index contributed by atoms with van der Waals surface area (Å²) in [5.74, 6) is 0. The third kappa shape index (κ3) is 1.98. The van der Waals surface area contributed by atoms with Crippen LogP contribution in [0.2, 0.25) is 0 Å². The minimum absolute atomic E-state index is 0.0448. The van der Waals surface area contributed by atoms with E-state index < -0.39 is 0 Å². The van der Waals surface area contributed by atoms with Gasteiger partial charge in [-0.3, -0.25) is 14.3 Å². The molecule has 0 bridgehead atoms. The fourth-order valence-corrected chi connectivity index (χ4v) is 2.84. The van der Waals surface area contributed by atoms with E-state index in [4.69, 9.17) is 5.73 Å². The average Bonchev–Trinajstić information content (AvgIpc) is 2.91. The smallest absolute Gasteiger partial charge is 0.262 e. The van der Waals surface area contributed by atoms with Crippen LogP contribution in [0.25, 0.3) is 10.2 Å². The molecule has 6 heteroatoms. The second kappa shape index (κ2) is 4.72. The molecule has 0 saturated heterocycles. The predicted octanol–water partition coefficient (Wildman–Crippen LogP) is 2.10. The van der Waals surface area contributed by atoms with Crippen molar-refractivity contribution in [1.82, 2.24) is 14.5 Å². The van der Waals surface area contributed by atoms with Crippen molar-refractivity contribution >= 4 is 27.2 Å². The first-order chi connectivity index (χ1) is 9.58. The summed E-state index contributed by atoms with van der Waals surface area (Å²) >= 11 is 1.46. The largest absolute Gasteiger partial charge is 0.398 e. The Balaban J connectivity index is 2.08. The Hall–Kier alpha value is -2.21. The van der Waals surface area contributed by atoms with E-state index in [0.717, 1.165) is 27.3 Å². The van der Waals surface area contributed by atoms with Crippen LogP contribution in [-0.4, -0.2) is 14.5 Å². The Morgan fingerprint density at radius 3 is 2.95 bits per heavy atom. The summed E-state index contributed by atoms with van der Waals surface area (Å²) in [7, 11) is 0. The van der Waals surface area contributed by atoms with Gasteiger partial charge in [0.1, 0.15) is 4.83 Å². The fourth-order valence-electron chi connectivity index (χ4n) is 2.12. The van der Waals surface area contributed by atoms with Gasteiger partial charge in [0.05, 0.1) is 24.0 Å². The Labute approximate surface area is 119 Å². The lowest BCUT2D eigenvalue weighted by atomic mass is 10.1. The summed E-state index contributed by atoms with van der Waals surface area (Å²) in [5.41, 5.74) is 9.36. The van der Waals surface area contributed by atoms with E-state index in [1.807, 2.05) is 19.2 Å². The van der Waals surface area contributed by atoms with Crippen LogP contribution in [0.4, 0.5) is 5.69 Å². The number of nitrogens with zero attached hydrogens (tertiary/aromatic N) is 3. The highest BCUT2D eigenvalue weighted by atomic mass is 32.1. The number of aryl methyl sites for hydroxylation is 1. The molecule has 0 aliphatic heterocycles. The lowest BCUT2D eigenvalue weighted by Crippen LogP contribution is -2.21. The van der Waals surface area contributed by atoms with Crippen LogP contribution in [0.1, 0.15) is 16.8 Å². The summed E-state index contributed by atoms with van der Waals surface area (Å²) in [6.07, 6.45) is 3.30. The molecule has 3 aromatic heterocycles. The number of nitrogen functional groups attached to an aromatic ring is 1. The van der Waals surface area contributed by atoms with E-state index in [-0.39, 0.29) is 5.56 Å². The topological polar surface area (TPSA) is 73.8 Å². The lowest BCUT2D eigenvalue weighted by Gasteiger charge is -2.11. The molecule has 0 aliphatic rings. The number of anilines is 1. The maximum absolute atomic E-state index is 12.3. The summed E-state index contributed by atoms with van der Waals surface area (Å²) in [6.45, 7) is 4.23. The molecule has 0 unspecified atom stereocenters. The van der Waals surface area contributed by atoms with E-state index in [0.29, 0.717) is 11.9 Å². The molecule has 2 N–H and O–H groups in total. The first-order valence-corrected chi connectivity index (χ1v) is 7.09. The fraction of sp³-hybridized carbons (Fsp3) is 0.214. The van der Waals surface area contributed by atoms with Gasteiger partial charge in [0.25, 0.3) is 5.56 Å². The van der Waals surface area contributed by atoms with Gasteiger partial charge in [-0.1, -0.05) is 0 Å². The molecular formula is C14H14N4OS. The third-order valence-corrected chi connectivity index (χ3v) is 4.27. The summed E-state index contributed by atoms with van der Waals surface area (Å²) in [4.78, 5) is 21.8.